The highest BCUT2D eigenvalue weighted by molar-refractivity contribution is 5.87. The summed E-state index contributed by atoms with van der Waals surface area (Å²) in [5, 5.41) is 8.56. The van der Waals surface area contributed by atoms with Gasteiger partial charge in [0.15, 0.2) is 0 Å². The molecule has 0 aromatic heterocycles. The van der Waals surface area contributed by atoms with Gasteiger partial charge in [0.1, 0.15) is 0 Å². The van der Waals surface area contributed by atoms with Crippen LogP contribution in [0.5, 0.6) is 0 Å². The Labute approximate surface area is 60.5 Å². The molecular weight excluding hydrogens is 130 g/mol. The van der Waals surface area contributed by atoms with E-state index in [0.29, 0.717) is 18.5 Å². The van der Waals surface area contributed by atoms with Crippen LogP contribution < -0.4 is 5.73 Å². The number of hydrogen-bond donors (Lipinski definition) is 2. The summed E-state index contributed by atoms with van der Waals surface area (Å²) in [6, 6.07) is 0. The maximum absolute atomic E-state index is 10.4. The Balaban J connectivity index is 4.28. The Morgan fingerprint density at radius 1 is 1.50 bits per heavy atom. The molecule has 0 rings (SSSR count). The zero-order valence-corrected chi connectivity index (χ0v) is 6.35. The van der Waals surface area contributed by atoms with E-state index in [2.05, 4.69) is 0 Å². The van der Waals surface area contributed by atoms with Gasteiger partial charge in [-0.25, -0.2) is 4.79 Å². The van der Waals surface area contributed by atoms with Crippen molar-refractivity contribution in [2.45, 2.75) is 20.3 Å². The van der Waals surface area contributed by atoms with E-state index in [-0.39, 0.29) is 0 Å². The summed E-state index contributed by atoms with van der Waals surface area (Å²) in [4.78, 5) is 10.4. The molecule has 0 saturated heterocycles. The Kier molecular flexibility index (Phi) is 3.72. The molecule has 0 aromatic rings. The third kappa shape index (κ3) is 2.64. The highest BCUT2D eigenvalue weighted by atomic mass is 16.4. The van der Waals surface area contributed by atoms with Gasteiger partial charge in [-0.2, -0.15) is 0 Å². The SMILES string of the molecule is CC(C)=C(CCN)C(=O)O. The van der Waals surface area contributed by atoms with Gasteiger partial charge in [0.25, 0.3) is 0 Å². The first-order valence-corrected chi connectivity index (χ1v) is 3.19. The molecule has 0 radical (unpaired) electrons. The molecule has 3 heteroatoms. The number of carboxylic acid groups (broad SMARTS) is 1. The van der Waals surface area contributed by atoms with Gasteiger partial charge < -0.3 is 10.8 Å². The van der Waals surface area contributed by atoms with Crippen LogP contribution in [0.3, 0.4) is 0 Å². The number of allylic oxidation sites excluding steroid dienone is 1. The van der Waals surface area contributed by atoms with Crippen molar-refractivity contribution in [2.75, 3.05) is 6.54 Å². The van der Waals surface area contributed by atoms with E-state index in [1.807, 2.05) is 0 Å². The largest absolute Gasteiger partial charge is 0.478 e. The average molecular weight is 143 g/mol. The lowest BCUT2D eigenvalue weighted by Crippen LogP contribution is -2.08. The monoisotopic (exact) mass is 143 g/mol. The predicted octanol–water partition coefficient (Wildman–Crippen LogP) is 0.756. The number of aliphatic carboxylic acids is 1. The van der Waals surface area contributed by atoms with Crippen molar-refractivity contribution in [1.29, 1.82) is 0 Å². The fraction of sp³-hybridized carbons (Fsp3) is 0.571. The minimum absolute atomic E-state index is 0.396. The number of nitrogens with two attached hydrogens (primary N) is 1. The van der Waals surface area contributed by atoms with Crippen molar-refractivity contribution in [3.05, 3.63) is 11.1 Å². The van der Waals surface area contributed by atoms with Crippen molar-refractivity contribution >= 4 is 5.97 Å². The Morgan fingerprint density at radius 3 is 2.10 bits per heavy atom. The van der Waals surface area contributed by atoms with Gasteiger partial charge in [-0.1, -0.05) is 5.57 Å². The number of carbonyl (C=O) groups is 1. The summed E-state index contributed by atoms with van der Waals surface area (Å²) in [7, 11) is 0. The second-order valence-electron chi connectivity index (χ2n) is 2.32. The van der Waals surface area contributed by atoms with E-state index in [0.717, 1.165) is 5.57 Å². The molecule has 58 valence electrons. The number of carboxylic acids is 1. The van der Waals surface area contributed by atoms with Crippen LogP contribution in [0.1, 0.15) is 20.3 Å². The topological polar surface area (TPSA) is 63.3 Å². The van der Waals surface area contributed by atoms with Crippen LogP contribution in [0.2, 0.25) is 0 Å². The summed E-state index contributed by atoms with van der Waals surface area (Å²) in [6.45, 7) is 3.95. The summed E-state index contributed by atoms with van der Waals surface area (Å²) in [5.74, 6) is -0.856. The summed E-state index contributed by atoms with van der Waals surface area (Å²) < 4.78 is 0. The van der Waals surface area contributed by atoms with Crippen LogP contribution in [0.15, 0.2) is 11.1 Å². The van der Waals surface area contributed by atoms with Crippen molar-refractivity contribution in [2.24, 2.45) is 5.73 Å². The van der Waals surface area contributed by atoms with Crippen LogP contribution in [0, 0.1) is 0 Å². The van der Waals surface area contributed by atoms with Crippen LogP contribution in [-0.4, -0.2) is 17.6 Å². The van der Waals surface area contributed by atoms with E-state index in [4.69, 9.17) is 10.8 Å². The van der Waals surface area contributed by atoms with Gasteiger partial charge in [0.2, 0.25) is 0 Å². The third-order valence-electron chi connectivity index (χ3n) is 1.26. The normalized spacial score (nSPS) is 9.10. The van der Waals surface area contributed by atoms with Crippen LogP contribution >= 0.6 is 0 Å². The molecule has 0 amide bonds. The number of hydrogen-bond acceptors (Lipinski definition) is 2. The van der Waals surface area contributed by atoms with Crippen molar-refractivity contribution in [3.63, 3.8) is 0 Å². The van der Waals surface area contributed by atoms with E-state index >= 15 is 0 Å². The van der Waals surface area contributed by atoms with Crippen molar-refractivity contribution in [1.82, 2.24) is 0 Å². The van der Waals surface area contributed by atoms with Crippen LogP contribution in [0.4, 0.5) is 0 Å². The standard InChI is InChI=1S/C7H13NO2/c1-5(2)6(3-4-8)7(9)10/h3-4,8H2,1-2H3,(H,9,10). The Morgan fingerprint density at radius 2 is 2.00 bits per heavy atom. The molecule has 3 nitrogen and oxygen atoms in total. The molecule has 0 spiro atoms. The molecule has 0 aliphatic carbocycles. The first-order chi connectivity index (χ1) is 4.59. The lowest BCUT2D eigenvalue weighted by atomic mass is 10.1. The quantitative estimate of drug-likeness (QED) is 0.573. The zero-order valence-electron chi connectivity index (χ0n) is 6.35. The molecular formula is C7H13NO2. The lowest BCUT2D eigenvalue weighted by molar-refractivity contribution is -0.132. The van der Waals surface area contributed by atoms with Gasteiger partial charge in [0, 0.05) is 5.57 Å². The fourth-order valence-electron chi connectivity index (χ4n) is 0.715. The molecule has 0 aromatic carbocycles. The highest BCUT2D eigenvalue weighted by Gasteiger charge is 2.06. The van der Waals surface area contributed by atoms with Crippen molar-refractivity contribution in [3.8, 4) is 0 Å². The molecule has 10 heavy (non-hydrogen) atoms. The van der Waals surface area contributed by atoms with E-state index in [1.165, 1.54) is 0 Å². The molecule has 0 aliphatic heterocycles. The maximum Gasteiger partial charge on any atom is 0.331 e. The molecule has 0 unspecified atom stereocenters. The smallest absolute Gasteiger partial charge is 0.331 e. The fourth-order valence-corrected chi connectivity index (χ4v) is 0.715. The Bertz CT molecular complexity index is 157. The van der Waals surface area contributed by atoms with E-state index in [1.54, 1.807) is 13.8 Å². The first-order valence-electron chi connectivity index (χ1n) is 3.19. The molecule has 0 atom stereocenters. The molecule has 0 heterocycles. The van der Waals surface area contributed by atoms with Crippen LogP contribution in [-0.2, 0) is 4.79 Å². The van der Waals surface area contributed by atoms with Crippen molar-refractivity contribution < 1.29 is 9.90 Å². The lowest BCUT2D eigenvalue weighted by Gasteiger charge is -2.00. The molecule has 0 aliphatic rings. The maximum atomic E-state index is 10.4. The molecule has 3 N–H and O–H groups in total. The summed E-state index contributed by atoms with van der Waals surface area (Å²) in [5.41, 5.74) is 6.47. The predicted molar refractivity (Wildman–Crippen MR) is 39.7 cm³/mol. The molecule has 0 saturated carbocycles. The van der Waals surface area contributed by atoms with E-state index in [9.17, 15) is 4.79 Å². The zero-order chi connectivity index (χ0) is 8.15. The third-order valence-corrected chi connectivity index (χ3v) is 1.26. The van der Waals surface area contributed by atoms with Gasteiger partial charge >= 0.3 is 5.97 Å². The van der Waals surface area contributed by atoms with Gasteiger partial charge in [-0.3, -0.25) is 0 Å². The number of rotatable bonds is 3. The highest BCUT2D eigenvalue weighted by Crippen LogP contribution is 2.06. The van der Waals surface area contributed by atoms with Gasteiger partial charge in [-0.05, 0) is 26.8 Å². The summed E-state index contributed by atoms with van der Waals surface area (Å²) >= 11 is 0. The summed E-state index contributed by atoms with van der Waals surface area (Å²) in [6.07, 6.45) is 0.456. The second-order valence-corrected chi connectivity index (χ2v) is 2.32. The van der Waals surface area contributed by atoms with Crippen LogP contribution in [0.25, 0.3) is 0 Å². The molecule has 0 bridgehead atoms. The minimum atomic E-state index is -0.856. The second kappa shape index (κ2) is 4.06. The minimum Gasteiger partial charge on any atom is -0.478 e. The average Bonchev–Trinajstić information content (AvgIpc) is 1.81. The van der Waals surface area contributed by atoms with Gasteiger partial charge in [-0.15, -0.1) is 0 Å². The first kappa shape index (κ1) is 9.17. The van der Waals surface area contributed by atoms with Gasteiger partial charge in [0.05, 0.1) is 0 Å². The molecule has 0 fully saturated rings. The Hall–Kier alpha value is -0.830. The van der Waals surface area contributed by atoms with E-state index < -0.39 is 5.97 Å².